The molecule has 1 aliphatic rings. The van der Waals surface area contributed by atoms with Gasteiger partial charge < -0.3 is 15.2 Å². The second-order valence-corrected chi connectivity index (χ2v) is 4.93. The van der Waals surface area contributed by atoms with Crippen molar-refractivity contribution in [3.8, 4) is 0 Å². The van der Waals surface area contributed by atoms with Crippen molar-refractivity contribution in [2.75, 3.05) is 19.6 Å². The second-order valence-electron chi connectivity index (χ2n) is 4.93. The van der Waals surface area contributed by atoms with Crippen LogP contribution in [0.2, 0.25) is 0 Å². The van der Waals surface area contributed by atoms with Gasteiger partial charge in [-0.05, 0) is 18.6 Å². The smallest absolute Gasteiger partial charge is 0.225 e. The van der Waals surface area contributed by atoms with E-state index in [1.165, 1.54) is 0 Å². The van der Waals surface area contributed by atoms with Crippen LogP contribution in [0.15, 0.2) is 30.6 Å². The fourth-order valence-corrected chi connectivity index (χ4v) is 2.27. The molecule has 1 fully saturated rings. The predicted octanol–water partition coefficient (Wildman–Crippen LogP) is 0.762. The molecular weight excluding hydrogens is 240 g/mol. The molecular formula is C14H18N4O. The van der Waals surface area contributed by atoms with Crippen molar-refractivity contribution in [3.63, 3.8) is 0 Å². The molecule has 1 aromatic heterocycles. The van der Waals surface area contributed by atoms with E-state index in [1.54, 1.807) is 0 Å². The molecule has 1 saturated heterocycles. The summed E-state index contributed by atoms with van der Waals surface area (Å²) in [6.45, 7) is 3.24. The van der Waals surface area contributed by atoms with Crippen LogP contribution in [-0.4, -0.2) is 35.1 Å². The van der Waals surface area contributed by atoms with Crippen molar-refractivity contribution in [1.29, 1.82) is 0 Å². The molecule has 1 aromatic carbocycles. The summed E-state index contributed by atoms with van der Waals surface area (Å²) in [6.07, 6.45) is 2.79. The lowest BCUT2D eigenvalue weighted by Gasteiger charge is -2.25. The predicted molar refractivity (Wildman–Crippen MR) is 73.7 cm³/mol. The van der Waals surface area contributed by atoms with Crippen molar-refractivity contribution < 1.29 is 4.79 Å². The highest BCUT2D eigenvalue weighted by atomic mass is 16.2. The Balaban J connectivity index is 1.48. The SMILES string of the molecule is O=C(NCCCn1cnc2ccccc21)C1CNC1. The Bertz CT molecular complexity index is 574. The molecule has 19 heavy (non-hydrogen) atoms. The van der Waals surface area contributed by atoms with Crippen molar-refractivity contribution in [2.45, 2.75) is 13.0 Å². The van der Waals surface area contributed by atoms with Gasteiger partial charge in [0.15, 0.2) is 0 Å². The van der Waals surface area contributed by atoms with Crippen molar-refractivity contribution in [3.05, 3.63) is 30.6 Å². The zero-order valence-corrected chi connectivity index (χ0v) is 10.8. The summed E-state index contributed by atoms with van der Waals surface area (Å²) >= 11 is 0. The number of carbonyl (C=O) groups is 1. The van der Waals surface area contributed by atoms with E-state index < -0.39 is 0 Å². The van der Waals surface area contributed by atoms with E-state index in [0.717, 1.165) is 43.6 Å². The minimum Gasteiger partial charge on any atom is -0.356 e. The lowest BCUT2D eigenvalue weighted by atomic mass is 10.0. The molecule has 1 amide bonds. The standard InChI is InChI=1S/C14H18N4O/c19-14(11-8-15-9-11)16-6-3-7-18-10-17-12-4-1-2-5-13(12)18/h1-2,4-5,10-11,15H,3,6-9H2,(H,16,19). The molecule has 0 bridgehead atoms. The number of imidazole rings is 1. The van der Waals surface area contributed by atoms with Crippen LogP contribution in [0.1, 0.15) is 6.42 Å². The van der Waals surface area contributed by atoms with E-state index in [4.69, 9.17) is 0 Å². The van der Waals surface area contributed by atoms with Crippen LogP contribution >= 0.6 is 0 Å². The van der Waals surface area contributed by atoms with E-state index in [1.807, 2.05) is 24.5 Å². The molecule has 0 atom stereocenters. The Morgan fingerprint density at radius 1 is 1.42 bits per heavy atom. The number of hydrogen-bond acceptors (Lipinski definition) is 3. The molecule has 2 heterocycles. The molecule has 3 rings (SSSR count). The number of rotatable bonds is 5. The van der Waals surface area contributed by atoms with Crippen LogP contribution in [0, 0.1) is 5.92 Å². The molecule has 2 N–H and O–H groups in total. The molecule has 0 unspecified atom stereocenters. The molecule has 100 valence electrons. The average molecular weight is 258 g/mol. The molecule has 0 spiro atoms. The van der Waals surface area contributed by atoms with Gasteiger partial charge in [0.05, 0.1) is 23.3 Å². The maximum atomic E-state index is 11.6. The Kier molecular flexibility index (Phi) is 3.46. The highest BCUT2D eigenvalue weighted by Crippen LogP contribution is 2.11. The number of carbonyl (C=O) groups excluding carboxylic acids is 1. The number of nitrogens with zero attached hydrogens (tertiary/aromatic N) is 2. The topological polar surface area (TPSA) is 59.0 Å². The van der Waals surface area contributed by atoms with Gasteiger partial charge in [-0.2, -0.15) is 0 Å². The van der Waals surface area contributed by atoms with Crippen LogP contribution in [-0.2, 0) is 11.3 Å². The van der Waals surface area contributed by atoms with Crippen LogP contribution < -0.4 is 10.6 Å². The first-order valence-electron chi connectivity index (χ1n) is 6.73. The number of para-hydroxylation sites is 2. The Labute approximate surface area is 112 Å². The van der Waals surface area contributed by atoms with E-state index in [9.17, 15) is 4.79 Å². The first-order chi connectivity index (χ1) is 9.34. The Hall–Kier alpha value is -1.88. The van der Waals surface area contributed by atoms with Crippen LogP contribution in [0.3, 0.4) is 0 Å². The summed E-state index contributed by atoms with van der Waals surface area (Å²) in [6, 6.07) is 8.09. The van der Waals surface area contributed by atoms with Gasteiger partial charge >= 0.3 is 0 Å². The van der Waals surface area contributed by atoms with Crippen LogP contribution in [0.25, 0.3) is 11.0 Å². The summed E-state index contributed by atoms with van der Waals surface area (Å²) < 4.78 is 2.13. The third kappa shape index (κ3) is 2.61. The van der Waals surface area contributed by atoms with Gasteiger partial charge in [-0.3, -0.25) is 4.79 Å². The van der Waals surface area contributed by atoms with Crippen molar-refractivity contribution in [1.82, 2.24) is 20.2 Å². The van der Waals surface area contributed by atoms with Gasteiger partial charge in [-0.25, -0.2) is 4.98 Å². The zero-order chi connectivity index (χ0) is 13.1. The van der Waals surface area contributed by atoms with E-state index in [2.05, 4.69) is 26.3 Å². The van der Waals surface area contributed by atoms with Gasteiger partial charge in [0, 0.05) is 26.2 Å². The van der Waals surface area contributed by atoms with E-state index >= 15 is 0 Å². The maximum absolute atomic E-state index is 11.6. The third-order valence-electron chi connectivity index (χ3n) is 3.55. The number of amides is 1. The summed E-state index contributed by atoms with van der Waals surface area (Å²) in [4.78, 5) is 16.0. The van der Waals surface area contributed by atoms with Gasteiger partial charge in [-0.1, -0.05) is 12.1 Å². The number of aryl methyl sites for hydroxylation is 1. The first kappa shape index (κ1) is 12.2. The molecule has 2 aromatic rings. The first-order valence-corrected chi connectivity index (χ1v) is 6.73. The molecule has 1 aliphatic heterocycles. The number of aromatic nitrogens is 2. The van der Waals surface area contributed by atoms with Gasteiger partial charge in [0.1, 0.15) is 0 Å². The zero-order valence-electron chi connectivity index (χ0n) is 10.8. The second kappa shape index (κ2) is 5.40. The van der Waals surface area contributed by atoms with Crippen LogP contribution in [0.4, 0.5) is 0 Å². The summed E-state index contributed by atoms with van der Waals surface area (Å²) in [7, 11) is 0. The number of nitrogens with one attached hydrogen (secondary N) is 2. The fraction of sp³-hybridized carbons (Fsp3) is 0.429. The summed E-state index contributed by atoms with van der Waals surface area (Å²) in [5.74, 6) is 0.350. The quantitative estimate of drug-likeness (QED) is 0.779. The molecule has 0 radical (unpaired) electrons. The lowest BCUT2D eigenvalue weighted by Crippen LogP contribution is -2.50. The van der Waals surface area contributed by atoms with Crippen molar-refractivity contribution >= 4 is 16.9 Å². The van der Waals surface area contributed by atoms with Crippen LogP contribution in [0.5, 0.6) is 0 Å². The highest BCUT2D eigenvalue weighted by Gasteiger charge is 2.23. The van der Waals surface area contributed by atoms with Gasteiger partial charge in [0.2, 0.25) is 5.91 Å². The van der Waals surface area contributed by atoms with E-state index in [-0.39, 0.29) is 11.8 Å². The third-order valence-corrected chi connectivity index (χ3v) is 3.55. The minimum absolute atomic E-state index is 0.175. The monoisotopic (exact) mass is 258 g/mol. The van der Waals surface area contributed by atoms with Crippen molar-refractivity contribution in [2.24, 2.45) is 5.92 Å². The van der Waals surface area contributed by atoms with Gasteiger partial charge in [-0.15, -0.1) is 0 Å². The highest BCUT2D eigenvalue weighted by molar-refractivity contribution is 5.80. The Morgan fingerprint density at radius 2 is 2.26 bits per heavy atom. The Morgan fingerprint density at radius 3 is 3.05 bits per heavy atom. The summed E-state index contributed by atoms with van der Waals surface area (Å²) in [5, 5.41) is 6.08. The normalized spacial score (nSPS) is 15.4. The number of fused-ring (bicyclic) bond motifs is 1. The summed E-state index contributed by atoms with van der Waals surface area (Å²) in [5.41, 5.74) is 2.17. The fourth-order valence-electron chi connectivity index (χ4n) is 2.27. The van der Waals surface area contributed by atoms with E-state index in [0.29, 0.717) is 0 Å². The number of benzene rings is 1. The molecule has 0 aliphatic carbocycles. The largest absolute Gasteiger partial charge is 0.356 e. The number of hydrogen-bond donors (Lipinski definition) is 2. The molecule has 5 heteroatoms. The maximum Gasteiger partial charge on any atom is 0.225 e. The average Bonchev–Trinajstić information content (AvgIpc) is 2.76. The van der Waals surface area contributed by atoms with Gasteiger partial charge in [0.25, 0.3) is 0 Å². The lowest BCUT2D eigenvalue weighted by molar-refractivity contribution is -0.126. The molecule has 5 nitrogen and oxygen atoms in total. The minimum atomic E-state index is 0.175. The molecule has 0 saturated carbocycles.